The van der Waals surface area contributed by atoms with Crippen LogP contribution in [0.15, 0.2) is 36.4 Å². The predicted molar refractivity (Wildman–Crippen MR) is 79.8 cm³/mol. The van der Waals surface area contributed by atoms with Crippen LogP contribution in [0.5, 0.6) is 0 Å². The number of carbonyl (C=O) groups is 1. The molecule has 0 N–H and O–H groups in total. The van der Waals surface area contributed by atoms with Crippen LogP contribution in [0.3, 0.4) is 0 Å². The maximum absolute atomic E-state index is 13.9. The van der Waals surface area contributed by atoms with E-state index in [4.69, 9.17) is 4.74 Å². The SMILES string of the molecule is CC1(C)COCCN1C(=O)c1ccc(F)c2ccccc12. The van der Waals surface area contributed by atoms with Gasteiger partial charge in [-0.15, -0.1) is 0 Å². The summed E-state index contributed by atoms with van der Waals surface area (Å²) >= 11 is 0. The first kappa shape index (κ1) is 14.0. The van der Waals surface area contributed by atoms with Crippen LogP contribution in [0.25, 0.3) is 10.8 Å². The van der Waals surface area contributed by atoms with Crippen molar-refractivity contribution in [2.24, 2.45) is 0 Å². The first-order valence-corrected chi connectivity index (χ1v) is 7.08. The summed E-state index contributed by atoms with van der Waals surface area (Å²) in [6.45, 7) is 5.56. The first-order chi connectivity index (χ1) is 10.0. The molecule has 0 saturated carbocycles. The largest absolute Gasteiger partial charge is 0.377 e. The van der Waals surface area contributed by atoms with Crippen molar-refractivity contribution in [2.45, 2.75) is 19.4 Å². The van der Waals surface area contributed by atoms with Crippen LogP contribution in [0.1, 0.15) is 24.2 Å². The van der Waals surface area contributed by atoms with Gasteiger partial charge in [-0.05, 0) is 31.4 Å². The summed E-state index contributed by atoms with van der Waals surface area (Å²) in [5, 5.41) is 1.14. The van der Waals surface area contributed by atoms with E-state index in [9.17, 15) is 9.18 Å². The van der Waals surface area contributed by atoms with Crippen molar-refractivity contribution in [3.8, 4) is 0 Å². The molecule has 0 spiro atoms. The Labute approximate surface area is 123 Å². The van der Waals surface area contributed by atoms with E-state index in [-0.39, 0.29) is 17.3 Å². The minimum Gasteiger partial charge on any atom is -0.377 e. The molecule has 0 radical (unpaired) electrons. The van der Waals surface area contributed by atoms with Crippen LogP contribution >= 0.6 is 0 Å². The number of hydrogen-bond donors (Lipinski definition) is 0. The van der Waals surface area contributed by atoms with Crippen LogP contribution in [-0.4, -0.2) is 36.1 Å². The molecular formula is C17H18FNO2. The molecular weight excluding hydrogens is 269 g/mol. The normalized spacial score (nSPS) is 18.0. The second-order valence-corrected chi connectivity index (χ2v) is 5.96. The minimum atomic E-state index is -0.356. The fraction of sp³-hybridized carbons (Fsp3) is 0.353. The molecule has 21 heavy (non-hydrogen) atoms. The zero-order valence-corrected chi connectivity index (χ0v) is 12.2. The molecule has 1 fully saturated rings. The van der Waals surface area contributed by atoms with Gasteiger partial charge in [0.05, 0.1) is 18.8 Å². The standard InChI is InChI=1S/C17H18FNO2/c1-17(2)11-21-10-9-19(17)16(20)14-7-8-15(18)13-6-4-3-5-12(13)14/h3-8H,9-11H2,1-2H3. The molecule has 2 aromatic carbocycles. The van der Waals surface area contributed by atoms with Gasteiger partial charge in [0.15, 0.2) is 0 Å². The monoisotopic (exact) mass is 287 g/mol. The fourth-order valence-corrected chi connectivity index (χ4v) is 2.83. The molecule has 4 heteroatoms. The lowest BCUT2D eigenvalue weighted by atomic mass is 9.98. The lowest BCUT2D eigenvalue weighted by molar-refractivity contribution is -0.0369. The van der Waals surface area contributed by atoms with E-state index in [0.29, 0.717) is 36.1 Å². The molecule has 0 unspecified atom stereocenters. The van der Waals surface area contributed by atoms with E-state index in [1.807, 2.05) is 24.8 Å². The lowest BCUT2D eigenvalue weighted by Gasteiger charge is -2.42. The third kappa shape index (κ3) is 2.40. The van der Waals surface area contributed by atoms with Crippen molar-refractivity contribution in [3.05, 3.63) is 47.8 Å². The van der Waals surface area contributed by atoms with Gasteiger partial charge >= 0.3 is 0 Å². The predicted octanol–water partition coefficient (Wildman–Crippen LogP) is 3.23. The summed E-state index contributed by atoms with van der Waals surface area (Å²) in [6.07, 6.45) is 0. The molecule has 1 heterocycles. The van der Waals surface area contributed by atoms with E-state index in [1.54, 1.807) is 24.3 Å². The number of amides is 1. The summed E-state index contributed by atoms with van der Waals surface area (Å²) in [5.74, 6) is -0.372. The summed E-state index contributed by atoms with van der Waals surface area (Å²) in [4.78, 5) is 14.7. The fourth-order valence-electron chi connectivity index (χ4n) is 2.83. The summed E-state index contributed by atoms with van der Waals surface area (Å²) in [6, 6.07) is 10.0. The summed E-state index contributed by atoms with van der Waals surface area (Å²) in [7, 11) is 0. The number of benzene rings is 2. The Hall–Kier alpha value is -1.94. The second kappa shape index (κ2) is 5.11. The van der Waals surface area contributed by atoms with Gasteiger partial charge in [0, 0.05) is 17.5 Å². The van der Waals surface area contributed by atoms with Gasteiger partial charge in [0.25, 0.3) is 5.91 Å². The zero-order valence-electron chi connectivity index (χ0n) is 12.2. The van der Waals surface area contributed by atoms with Gasteiger partial charge in [-0.1, -0.05) is 24.3 Å². The van der Waals surface area contributed by atoms with E-state index in [0.717, 1.165) is 0 Å². The first-order valence-electron chi connectivity index (χ1n) is 7.08. The van der Waals surface area contributed by atoms with Gasteiger partial charge in [0.2, 0.25) is 0 Å². The molecule has 2 aromatic rings. The van der Waals surface area contributed by atoms with Gasteiger partial charge < -0.3 is 9.64 Å². The Morgan fingerprint density at radius 3 is 2.62 bits per heavy atom. The van der Waals surface area contributed by atoms with E-state index < -0.39 is 0 Å². The van der Waals surface area contributed by atoms with Crippen LogP contribution in [0.2, 0.25) is 0 Å². The lowest BCUT2D eigenvalue weighted by Crippen LogP contribution is -2.55. The molecule has 0 aromatic heterocycles. The summed E-state index contributed by atoms with van der Waals surface area (Å²) < 4.78 is 19.3. The quantitative estimate of drug-likeness (QED) is 0.806. The Bertz CT molecular complexity index is 696. The molecule has 3 rings (SSSR count). The van der Waals surface area contributed by atoms with Crippen LogP contribution in [-0.2, 0) is 4.74 Å². The van der Waals surface area contributed by atoms with Gasteiger partial charge in [-0.3, -0.25) is 4.79 Å². The molecule has 1 amide bonds. The van der Waals surface area contributed by atoms with Gasteiger partial charge in [0.1, 0.15) is 5.82 Å². The third-order valence-electron chi connectivity index (χ3n) is 3.99. The molecule has 110 valence electrons. The highest BCUT2D eigenvalue weighted by Gasteiger charge is 2.35. The van der Waals surface area contributed by atoms with Crippen LogP contribution in [0.4, 0.5) is 4.39 Å². The van der Waals surface area contributed by atoms with Crippen LogP contribution < -0.4 is 0 Å². The average molecular weight is 287 g/mol. The highest BCUT2D eigenvalue weighted by Crippen LogP contribution is 2.27. The number of nitrogens with zero attached hydrogens (tertiary/aromatic N) is 1. The number of rotatable bonds is 1. The maximum Gasteiger partial charge on any atom is 0.255 e. The molecule has 3 nitrogen and oxygen atoms in total. The minimum absolute atomic E-state index is 0.0699. The van der Waals surface area contributed by atoms with Crippen molar-refractivity contribution in [1.82, 2.24) is 4.90 Å². The van der Waals surface area contributed by atoms with Crippen molar-refractivity contribution in [3.63, 3.8) is 0 Å². The topological polar surface area (TPSA) is 29.5 Å². The Morgan fingerprint density at radius 1 is 1.19 bits per heavy atom. The maximum atomic E-state index is 13.9. The second-order valence-electron chi connectivity index (χ2n) is 5.96. The highest BCUT2D eigenvalue weighted by atomic mass is 19.1. The number of carbonyl (C=O) groups excluding carboxylic acids is 1. The molecule has 1 saturated heterocycles. The third-order valence-corrected chi connectivity index (χ3v) is 3.99. The molecule has 1 aliphatic heterocycles. The molecule has 0 aliphatic carbocycles. The van der Waals surface area contributed by atoms with Crippen molar-refractivity contribution >= 4 is 16.7 Å². The molecule has 1 aliphatic rings. The van der Waals surface area contributed by atoms with Crippen molar-refractivity contribution < 1.29 is 13.9 Å². The van der Waals surface area contributed by atoms with E-state index in [1.165, 1.54) is 6.07 Å². The molecule has 0 bridgehead atoms. The van der Waals surface area contributed by atoms with Crippen LogP contribution in [0, 0.1) is 5.82 Å². The van der Waals surface area contributed by atoms with Gasteiger partial charge in [-0.2, -0.15) is 0 Å². The number of halogens is 1. The number of ether oxygens (including phenoxy) is 1. The van der Waals surface area contributed by atoms with Crippen molar-refractivity contribution in [2.75, 3.05) is 19.8 Å². The number of hydrogen-bond acceptors (Lipinski definition) is 2. The smallest absolute Gasteiger partial charge is 0.255 e. The van der Waals surface area contributed by atoms with Crippen molar-refractivity contribution in [1.29, 1.82) is 0 Å². The highest BCUT2D eigenvalue weighted by molar-refractivity contribution is 6.07. The Kier molecular flexibility index (Phi) is 3.41. The van der Waals surface area contributed by atoms with E-state index in [2.05, 4.69) is 0 Å². The average Bonchev–Trinajstić information content (AvgIpc) is 2.47. The van der Waals surface area contributed by atoms with E-state index >= 15 is 0 Å². The summed E-state index contributed by atoms with van der Waals surface area (Å²) in [5.41, 5.74) is 0.187. The number of fused-ring (bicyclic) bond motifs is 1. The Morgan fingerprint density at radius 2 is 1.90 bits per heavy atom. The number of morpholine rings is 1. The van der Waals surface area contributed by atoms with Gasteiger partial charge in [-0.25, -0.2) is 4.39 Å². The Balaban J connectivity index is 2.08. The molecule has 0 atom stereocenters. The zero-order chi connectivity index (χ0) is 15.0.